The lowest BCUT2D eigenvalue weighted by atomic mass is 10.1. The number of hydrogen-bond donors (Lipinski definition) is 1. The largest absolute Gasteiger partial charge is 0.486 e. The molecule has 19 heavy (non-hydrogen) atoms. The Morgan fingerprint density at radius 3 is 2.95 bits per heavy atom. The quantitative estimate of drug-likeness (QED) is 0.873. The van der Waals surface area contributed by atoms with Crippen LogP contribution in [-0.4, -0.2) is 11.5 Å². The number of thiazole rings is 1. The maximum Gasteiger partial charge on any atom is 0.138 e. The van der Waals surface area contributed by atoms with Crippen molar-refractivity contribution < 1.29 is 4.74 Å². The van der Waals surface area contributed by atoms with Crippen LogP contribution in [0.15, 0.2) is 29.9 Å². The average Bonchev–Trinajstić information content (AvgIpc) is 2.90. The van der Waals surface area contributed by atoms with Gasteiger partial charge in [-0.1, -0.05) is 24.6 Å². The Hall–Kier alpha value is -1.10. The van der Waals surface area contributed by atoms with E-state index in [1.54, 1.807) is 23.0 Å². The van der Waals surface area contributed by atoms with Crippen LogP contribution in [0.5, 0.6) is 5.75 Å². The molecule has 0 aliphatic heterocycles. The van der Waals surface area contributed by atoms with Gasteiger partial charge in [-0.25, -0.2) is 0 Å². The third kappa shape index (κ3) is 3.93. The summed E-state index contributed by atoms with van der Waals surface area (Å²) < 4.78 is 5.69. The summed E-state index contributed by atoms with van der Waals surface area (Å²) in [7, 11) is 0. The van der Waals surface area contributed by atoms with Gasteiger partial charge < -0.3 is 10.1 Å². The Morgan fingerprint density at radius 1 is 1.47 bits per heavy atom. The number of aromatic nitrogens is 1. The lowest BCUT2D eigenvalue weighted by molar-refractivity contribution is 0.309. The van der Waals surface area contributed by atoms with Crippen LogP contribution < -0.4 is 10.1 Å². The van der Waals surface area contributed by atoms with E-state index in [9.17, 15) is 0 Å². The highest BCUT2D eigenvalue weighted by Crippen LogP contribution is 2.28. The molecule has 2 rings (SSSR count). The summed E-state index contributed by atoms with van der Waals surface area (Å²) in [5.74, 6) is 0.711. The molecule has 1 aromatic carbocycles. The van der Waals surface area contributed by atoms with Crippen LogP contribution in [0.25, 0.3) is 0 Å². The predicted octanol–water partition coefficient (Wildman–Crippen LogP) is 4.05. The molecule has 0 amide bonds. The van der Waals surface area contributed by atoms with Gasteiger partial charge in [-0.2, -0.15) is 0 Å². The molecule has 0 radical (unpaired) electrons. The number of nitrogens with zero attached hydrogens (tertiary/aromatic N) is 1. The van der Waals surface area contributed by atoms with Crippen LogP contribution >= 0.6 is 22.9 Å². The van der Waals surface area contributed by atoms with Crippen molar-refractivity contribution in [3.8, 4) is 5.75 Å². The van der Waals surface area contributed by atoms with Gasteiger partial charge in [0, 0.05) is 12.2 Å². The lowest BCUT2D eigenvalue weighted by Crippen LogP contribution is -2.17. The molecule has 1 unspecified atom stereocenters. The number of nitrogens with one attached hydrogen (secondary N) is 1. The highest BCUT2D eigenvalue weighted by Gasteiger charge is 2.08. The normalized spacial score (nSPS) is 12.4. The van der Waals surface area contributed by atoms with Crippen molar-refractivity contribution in [3.63, 3.8) is 0 Å². The molecule has 102 valence electrons. The van der Waals surface area contributed by atoms with Crippen molar-refractivity contribution >= 4 is 22.9 Å². The minimum absolute atomic E-state index is 0.290. The summed E-state index contributed by atoms with van der Waals surface area (Å²) in [6.07, 6.45) is 1.81. The molecule has 3 nitrogen and oxygen atoms in total. The first-order chi connectivity index (χ1) is 9.20. The van der Waals surface area contributed by atoms with Gasteiger partial charge in [0.05, 0.1) is 15.4 Å². The molecule has 0 aliphatic rings. The van der Waals surface area contributed by atoms with Gasteiger partial charge in [0.2, 0.25) is 0 Å². The fraction of sp³-hybridized carbons (Fsp3) is 0.357. The average molecular weight is 297 g/mol. The zero-order valence-corrected chi connectivity index (χ0v) is 12.6. The Labute approximate surface area is 122 Å². The standard InChI is InChI=1S/C14H17ClN2OS/c1-3-17-10(2)11-4-5-14(13(15)6-11)18-8-12-7-16-9-19-12/h4-7,9-10,17H,3,8H2,1-2H3. The third-order valence-corrected chi connectivity index (χ3v) is 3.87. The molecule has 0 spiro atoms. The zero-order valence-electron chi connectivity index (χ0n) is 11.0. The second-order valence-corrected chi connectivity index (χ2v) is 5.60. The van der Waals surface area contributed by atoms with E-state index in [1.165, 1.54) is 0 Å². The van der Waals surface area contributed by atoms with Crippen LogP contribution in [0, 0.1) is 0 Å². The van der Waals surface area contributed by atoms with Gasteiger partial charge in [0.25, 0.3) is 0 Å². The van der Waals surface area contributed by atoms with E-state index < -0.39 is 0 Å². The Bertz CT molecular complexity index is 516. The second-order valence-electron chi connectivity index (χ2n) is 4.23. The predicted molar refractivity (Wildman–Crippen MR) is 80.0 cm³/mol. The van der Waals surface area contributed by atoms with Crippen molar-refractivity contribution in [1.82, 2.24) is 10.3 Å². The molecule has 2 aromatic rings. The summed E-state index contributed by atoms with van der Waals surface area (Å²) in [4.78, 5) is 5.10. The van der Waals surface area contributed by atoms with Crippen molar-refractivity contribution in [3.05, 3.63) is 45.4 Å². The lowest BCUT2D eigenvalue weighted by Gasteiger charge is -2.14. The van der Waals surface area contributed by atoms with E-state index in [0.717, 1.165) is 17.0 Å². The molecular formula is C14H17ClN2OS. The van der Waals surface area contributed by atoms with E-state index in [2.05, 4.69) is 24.1 Å². The molecule has 0 saturated heterocycles. The minimum Gasteiger partial charge on any atom is -0.486 e. The van der Waals surface area contributed by atoms with E-state index in [0.29, 0.717) is 17.4 Å². The SMILES string of the molecule is CCNC(C)c1ccc(OCc2cncs2)c(Cl)c1. The summed E-state index contributed by atoms with van der Waals surface area (Å²) in [5.41, 5.74) is 2.96. The molecule has 0 bridgehead atoms. The number of ether oxygens (including phenoxy) is 1. The maximum absolute atomic E-state index is 6.25. The molecule has 1 aromatic heterocycles. The molecule has 1 N–H and O–H groups in total. The topological polar surface area (TPSA) is 34.1 Å². The Morgan fingerprint density at radius 2 is 2.32 bits per heavy atom. The third-order valence-electron chi connectivity index (χ3n) is 2.82. The van der Waals surface area contributed by atoms with Crippen LogP contribution in [0.3, 0.4) is 0 Å². The Balaban J connectivity index is 2.02. The highest BCUT2D eigenvalue weighted by atomic mass is 35.5. The first-order valence-electron chi connectivity index (χ1n) is 6.23. The van der Waals surface area contributed by atoms with Crippen molar-refractivity contribution in [2.24, 2.45) is 0 Å². The molecule has 5 heteroatoms. The van der Waals surface area contributed by atoms with Gasteiger partial charge in [-0.15, -0.1) is 11.3 Å². The van der Waals surface area contributed by atoms with Gasteiger partial charge in [0.15, 0.2) is 0 Å². The van der Waals surface area contributed by atoms with E-state index in [4.69, 9.17) is 16.3 Å². The molecule has 1 heterocycles. The van der Waals surface area contributed by atoms with Crippen molar-refractivity contribution in [2.75, 3.05) is 6.54 Å². The zero-order chi connectivity index (χ0) is 13.7. The molecule has 0 fully saturated rings. The van der Waals surface area contributed by atoms with Crippen LogP contribution in [-0.2, 0) is 6.61 Å². The van der Waals surface area contributed by atoms with Gasteiger partial charge in [0.1, 0.15) is 12.4 Å². The smallest absolute Gasteiger partial charge is 0.138 e. The van der Waals surface area contributed by atoms with Crippen LogP contribution in [0.1, 0.15) is 30.3 Å². The summed E-state index contributed by atoms with van der Waals surface area (Å²) in [6.45, 7) is 5.65. The van der Waals surface area contributed by atoms with Gasteiger partial charge in [-0.05, 0) is 31.2 Å². The second kappa shape index (κ2) is 6.89. The number of rotatable bonds is 6. The molecule has 0 aliphatic carbocycles. The van der Waals surface area contributed by atoms with Crippen molar-refractivity contribution in [2.45, 2.75) is 26.5 Å². The minimum atomic E-state index is 0.290. The molecular weight excluding hydrogens is 280 g/mol. The Kier molecular flexibility index (Phi) is 5.19. The summed E-state index contributed by atoms with van der Waals surface area (Å²) in [6, 6.07) is 6.21. The first-order valence-corrected chi connectivity index (χ1v) is 7.49. The van der Waals surface area contributed by atoms with Gasteiger partial charge in [-0.3, -0.25) is 4.98 Å². The molecule has 0 saturated carbocycles. The number of halogens is 1. The summed E-state index contributed by atoms with van der Waals surface area (Å²) >= 11 is 7.82. The van der Waals surface area contributed by atoms with E-state index in [1.807, 2.05) is 18.2 Å². The van der Waals surface area contributed by atoms with E-state index in [-0.39, 0.29) is 6.04 Å². The van der Waals surface area contributed by atoms with Gasteiger partial charge >= 0.3 is 0 Å². The van der Waals surface area contributed by atoms with Crippen LogP contribution in [0.4, 0.5) is 0 Å². The fourth-order valence-corrected chi connectivity index (χ4v) is 2.54. The van der Waals surface area contributed by atoms with Crippen molar-refractivity contribution in [1.29, 1.82) is 0 Å². The number of benzene rings is 1. The van der Waals surface area contributed by atoms with Crippen LogP contribution in [0.2, 0.25) is 5.02 Å². The fourth-order valence-electron chi connectivity index (χ4n) is 1.79. The summed E-state index contributed by atoms with van der Waals surface area (Å²) in [5, 5.41) is 4.00. The monoisotopic (exact) mass is 296 g/mol. The van der Waals surface area contributed by atoms with E-state index >= 15 is 0 Å². The maximum atomic E-state index is 6.25. The number of hydrogen-bond acceptors (Lipinski definition) is 4. The molecule has 1 atom stereocenters. The first kappa shape index (κ1) is 14.3. The highest BCUT2D eigenvalue weighted by molar-refractivity contribution is 7.09.